The van der Waals surface area contributed by atoms with Crippen molar-refractivity contribution in [3.05, 3.63) is 206 Å². The molecule has 0 aliphatic heterocycles. The van der Waals surface area contributed by atoms with Gasteiger partial charge in [-0.1, -0.05) is 194 Å². The van der Waals surface area contributed by atoms with Crippen molar-refractivity contribution in [3.63, 3.8) is 0 Å². The van der Waals surface area contributed by atoms with E-state index in [2.05, 4.69) is 121 Å². The Bertz CT molecular complexity index is 3270. The van der Waals surface area contributed by atoms with Crippen LogP contribution in [0.1, 0.15) is 0 Å². The van der Waals surface area contributed by atoms with E-state index >= 15 is 0 Å². The number of benzene rings is 8. The molecule has 3 heterocycles. The zero-order valence-electron chi connectivity index (χ0n) is 32.3. The zero-order valence-corrected chi connectivity index (χ0v) is 32.3. The Kier molecular flexibility index (Phi) is 8.71. The van der Waals surface area contributed by atoms with Gasteiger partial charge in [0.15, 0.2) is 17.5 Å². The summed E-state index contributed by atoms with van der Waals surface area (Å²) in [4.78, 5) is 31.5. The number of hydrogen-bond acceptors (Lipinski definition) is 6. The van der Waals surface area contributed by atoms with Gasteiger partial charge in [-0.05, 0) is 17.7 Å². The smallest absolute Gasteiger partial charge is 0.164 e. The van der Waals surface area contributed by atoms with E-state index in [4.69, 9.17) is 29.9 Å². The van der Waals surface area contributed by atoms with Crippen molar-refractivity contribution in [3.8, 4) is 79.1 Å². The fraction of sp³-hybridized carbons (Fsp3) is 0. The Morgan fingerprint density at radius 1 is 0.250 bits per heavy atom. The van der Waals surface area contributed by atoms with E-state index in [-0.39, 0.29) is 0 Å². The number of rotatable bonds is 7. The third kappa shape index (κ3) is 6.33. The minimum absolute atomic E-state index is 0.596. The predicted molar refractivity (Wildman–Crippen MR) is 244 cm³/mol. The average molecular weight is 767 g/mol. The van der Waals surface area contributed by atoms with Crippen molar-refractivity contribution >= 4 is 32.7 Å². The highest BCUT2D eigenvalue weighted by atomic mass is 15.0. The second-order valence-electron chi connectivity index (χ2n) is 14.7. The van der Waals surface area contributed by atoms with E-state index in [9.17, 15) is 0 Å². The standard InChI is InChI=1S/C54H34N6/c1-6-18-36(19-7-1)47-44-34-43(35-30-32-41(33-31-35)54-59-52(39-24-12-4-13-25-39)58-53(60-54)40-26-14-5-15-27-40)50-51(46(44)42-28-16-17-29-45(42)55-47)57-49(38-22-10-3-11-23-38)48(56-50)37-20-8-2-9-21-37/h1-34H. The molecule has 0 saturated heterocycles. The van der Waals surface area contributed by atoms with Gasteiger partial charge >= 0.3 is 0 Å². The minimum Gasteiger partial charge on any atom is -0.247 e. The second kappa shape index (κ2) is 14.9. The summed E-state index contributed by atoms with van der Waals surface area (Å²) < 4.78 is 0. The van der Waals surface area contributed by atoms with Gasteiger partial charge in [0, 0.05) is 55.1 Å². The first-order chi connectivity index (χ1) is 29.7. The predicted octanol–water partition coefficient (Wildman–Crippen LogP) is 13.2. The molecular formula is C54H34N6. The van der Waals surface area contributed by atoms with Crippen LogP contribution in [0.2, 0.25) is 0 Å². The van der Waals surface area contributed by atoms with Crippen LogP contribution < -0.4 is 0 Å². The van der Waals surface area contributed by atoms with E-state index in [1.807, 2.05) is 84.9 Å². The largest absolute Gasteiger partial charge is 0.247 e. The molecule has 0 bridgehead atoms. The van der Waals surface area contributed by atoms with Gasteiger partial charge in [-0.15, -0.1) is 0 Å². The first-order valence-corrected chi connectivity index (χ1v) is 20.0. The van der Waals surface area contributed by atoms with Crippen LogP contribution in [0.4, 0.5) is 0 Å². The number of hydrogen-bond donors (Lipinski definition) is 0. The Morgan fingerprint density at radius 2 is 0.633 bits per heavy atom. The van der Waals surface area contributed by atoms with Gasteiger partial charge in [-0.25, -0.2) is 29.9 Å². The molecule has 0 atom stereocenters. The number of para-hydroxylation sites is 1. The van der Waals surface area contributed by atoms with Crippen molar-refractivity contribution in [2.24, 2.45) is 0 Å². The van der Waals surface area contributed by atoms with E-state index in [1.54, 1.807) is 0 Å². The maximum atomic E-state index is 5.65. The maximum absolute atomic E-state index is 5.65. The van der Waals surface area contributed by atoms with Gasteiger partial charge in [0.05, 0.1) is 33.6 Å². The Morgan fingerprint density at radius 3 is 1.13 bits per heavy atom. The molecule has 0 aliphatic rings. The Hall–Kier alpha value is -8.22. The third-order valence-corrected chi connectivity index (χ3v) is 10.9. The molecule has 280 valence electrons. The van der Waals surface area contributed by atoms with Gasteiger partial charge in [0.1, 0.15) is 0 Å². The number of pyridine rings is 1. The molecule has 0 radical (unpaired) electrons. The lowest BCUT2D eigenvalue weighted by molar-refractivity contribution is 1.07. The summed E-state index contributed by atoms with van der Waals surface area (Å²) in [6.45, 7) is 0. The summed E-state index contributed by atoms with van der Waals surface area (Å²) in [6.07, 6.45) is 0. The van der Waals surface area contributed by atoms with Crippen LogP contribution in [0, 0.1) is 0 Å². The average Bonchev–Trinajstić information content (AvgIpc) is 3.34. The first kappa shape index (κ1) is 35.0. The van der Waals surface area contributed by atoms with Crippen molar-refractivity contribution < 1.29 is 0 Å². The zero-order chi connectivity index (χ0) is 39.8. The molecular weight excluding hydrogens is 733 g/mol. The summed E-state index contributed by atoms with van der Waals surface area (Å²) in [5.41, 5.74) is 12.8. The molecule has 0 spiro atoms. The monoisotopic (exact) mass is 766 g/mol. The van der Waals surface area contributed by atoms with Gasteiger partial charge in [-0.3, -0.25) is 0 Å². The van der Waals surface area contributed by atoms with E-state index in [1.165, 1.54) is 0 Å². The van der Waals surface area contributed by atoms with Crippen LogP contribution >= 0.6 is 0 Å². The molecule has 11 rings (SSSR count). The summed E-state index contributed by atoms with van der Waals surface area (Å²) in [7, 11) is 0. The van der Waals surface area contributed by atoms with E-state index in [0.717, 1.165) is 94.3 Å². The van der Waals surface area contributed by atoms with Crippen molar-refractivity contribution in [1.82, 2.24) is 29.9 Å². The van der Waals surface area contributed by atoms with Crippen molar-refractivity contribution in [2.45, 2.75) is 0 Å². The summed E-state index contributed by atoms with van der Waals surface area (Å²) in [5.74, 6) is 1.84. The summed E-state index contributed by atoms with van der Waals surface area (Å²) in [6, 6.07) is 70.2. The van der Waals surface area contributed by atoms with Crippen LogP contribution in [-0.2, 0) is 0 Å². The van der Waals surface area contributed by atoms with Crippen LogP contribution in [0.15, 0.2) is 206 Å². The number of nitrogens with zero attached hydrogens (tertiary/aromatic N) is 6. The molecule has 0 amide bonds. The SMILES string of the molecule is c1ccc(-c2nc(-c3ccccc3)nc(-c3ccc(-c4cc5c(-c6ccccc6)nc6ccccc6c5c5nc(-c6ccccc6)c(-c6ccccc6)nc45)cc3)n2)cc1. The molecule has 3 aromatic heterocycles. The third-order valence-electron chi connectivity index (χ3n) is 10.9. The molecule has 0 aliphatic carbocycles. The van der Waals surface area contributed by atoms with Gasteiger partial charge in [0.25, 0.3) is 0 Å². The number of aromatic nitrogens is 6. The molecule has 0 N–H and O–H groups in total. The maximum Gasteiger partial charge on any atom is 0.164 e. The lowest BCUT2D eigenvalue weighted by Gasteiger charge is -2.18. The lowest BCUT2D eigenvalue weighted by Crippen LogP contribution is -2.00. The molecule has 60 heavy (non-hydrogen) atoms. The van der Waals surface area contributed by atoms with Crippen LogP contribution in [0.25, 0.3) is 112 Å². The lowest BCUT2D eigenvalue weighted by atomic mass is 9.92. The molecule has 0 fully saturated rings. The normalized spacial score (nSPS) is 11.3. The quantitative estimate of drug-likeness (QED) is 0.150. The van der Waals surface area contributed by atoms with Crippen LogP contribution in [0.5, 0.6) is 0 Å². The van der Waals surface area contributed by atoms with Crippen molar-refractivity contribution in [1.29, 1.82) is 0 Å². The van der Waals surface area contributed by atoms with Gasteiger partial charge in [0.2, 0.25) is 0 Å². The van der Waals surface area contributed by atoms with Crippen LogP contribution in [-0.4, -0.2) is 29.9 Å². The molecule has 8 aromatic carbocycles. The van der Waals surface area contributed by atoms with Crippen LogP contribution in [0.3, 0.4) is 0 Å². The second-order valence-corrected chi connectivity index (χ2v) is 14.7. The highest BCUT2D eigenvalue weighted by molar-refractivity contribution is 6.24. The molecule has 0 unspecified atom stereocenters. The van der Waals surface area contributed by atoms with Crippen molar-refractivity contribution in [2.75, 3.05) is 0 Å². The molecule has 11 aromatic rings. The highest BCUT2D eigenvalue weighted by Crippen LogP contribution is 2.43. The minimum atomic E-state index is 0.596. The fourth-order valence-corrected chi connectivity index (χ4v) is 8.00. The fourth-order valence-electron chi connectivity index (χ4n) is 8.00. The topological polar surface area (TPSA) is 77.3 Å². The Balaban J connectivity index is 1.18. The molecule has 0 saturated carbocycles. The van der Waals surface area contributed by atoms with Gasteiger partial charge < -0.3 is 0 Å². The summed E-state index contributed by atoms with van der Waals surface area (Å²) >= 11 is 0. The highest BCUT2D eigenvalue weighted by Gasteiger charge is 2.22. The first-order valence-electron chi connectivity index (χ1n) is 20.0. The van der Waals surface area contributed by atoms with Gasteiger partial charge in [-0.2, -0.15) is 0 Å². The molecule has 6 heteroatoms. The van der Waals surface area contributed by atoms with E-state index in [0.29, 0.717) is 17.5 Å². The Labute approximate surface area is 346 Å². The summed E-state index contributed by atoms with van der Waals surface area (Å²) in [5, 5.41) is 3.05. The van der Waals surface area contributed by atoms with E-state index < -0.39 is 0 Å². The number of fused-ring (bicyclic) bond motifs is 5. The molecule has 6 nitrogen and oxygen atoms in total.